The van der Waals surface area contributed by atoms with E-state index in [1.807, 2.05) is 19.9 Å². The Hall–Kier alpha value is 0.240. The normalized spacial score (nSPS) is 42.2. The van der Waals surface area contributed by atoms with Crippen LogP contribution in [0.5, 0.6) is 0 Å². The fourth-order valence-corrected chi connectivity index (χ4v) is 1.28. The maximum atomic E-state index is 5.31. The molecule has 0 amide bonds. The predicted octanol–water partition coefficient (Wildman–Crippen LogP) is 1.86. The number of thiol groups is 2. The van der Waals surface area contributed by atoms with Gasteiger partial charge in [0.2, 0.25) is 0 Å². The summed E-state index contributed by atoms with van der Waals surface area (Å²) in [7, 11) is 0. The Morgan fingerprint density at radius 3 is 2.44 bits per heavy atom. The maximum Gasteiger partial charge on any atom is 0.163 e. The van der Waals surface area contributed by atoms with E-state index in [4.69, 9.17) is 4.74 Å². The highest BCUT2D eigenvalue weighted by atomic mass is 32.1. The number of hydrogen-bond donors (Lipinski definition) is 2. The Bertz CT molecular complexity index is 151. The van der Waals surface area contributed by atoms with E-state index in [2.05, 4.69) is 25.3 Å². The standard InChI is InChI=1S/C6H10OS2/c1-4-3-5(8)6(2,9)7-4/h3,5,8-9H,1-2H3/t5-,6+/m0/s1. The summed E-state index contributed by atoms with van der Waals surface area (Å²) in [5, 5.41) is 0.112. The van der Waals surface area contributed by atoms with Crippen LogP contribution in [-0.4, -0.2) is 10.2 Å². The van der Waals surface area contributed by atoms with Crippen molar-refractivity contribution in [2.75, 3.05) is 0 Å². The number of ether oxygens (including phenoxy) is 1. The minimum atomic E-state index is -0.410. The summed E-state index contributed by atoms with van der Waals surface area (Å²) in [6, 6.07) is 0. The van der Waals surface area contributed by atoms with Crippen LogP contribution in [0.1, 0.15) is 13.8 Å². The summed E-state index contributed by atoms with van der Waals surface area (Å²) in [6.07, 6.45) is 1.95. The lowest BCUT2D eigenvalue weighted by Gasteiger charge is -2.21. The zero-order valence-electron chi connectivity index (χ0n) is 5.46. The van der Waals surface area contributed by atoms with Crippen molar-refractivity contribution < 1.29 is 4.74 Å². The van der Waals surface area contributed by atoms with Gasteiger partial charge >= 0.3 is 0 Å². The predicted molar refractivity (Wildman–Crippen MR) is 45.0 cm³/mol. The molecule has 1 aliphatic rings. The molecule has 1 nitrogen and oxygen atoms in total. The number of rotatable bonds is 0. The van der Waals surface area contributed by atoms with Crippen molar-refractivity contribution in [3.63, 3.8) is 0 Å². The highest BCUT2D eigenvalue weighted by Gasteiger charge is 2.33. The summed E-state index contributed by atoms with van der Waals surface area (Å²) in [6.45, 7) is 3.81. The van der Waals surface area contributed by atoms with Crippen molar-refractivity contribution >= 4 is 25.3 Å². The zero-order valence-corrected chi connectivity index (χ0v) is 7.25. The molecular weight excluding hydrogens is 152 g/mol. The second-order valence-electron chi connectivity index (χ2n) is 2.38. The van der Waals surface area contributed by atoms with Gasteiger partial charge in [0.15, 0.2) is 4.93 Å². The van der Waals surface area contributed by atoms with Crippen molar-refractivity contribution in [2.24, 2.45) is 0 Å². The van der Waals surface area contributed by atoms with Gasteiger partial charge in [-0.25, -0.2) is 0 Å². The Labute approximate surface area is 66.3 Å². The molecule has 0 saturated heterocycles. The molecule has 0 aliphatic carbocycles. The Kier molecular flexibility index (Phi) is 1.74. The van der Waals surface area contributed by atoms with E-state index in [1.165, 1.54) is 0 Å². The molecular formula is C6H10OS2. The SMILES string of the molecule is CC1=C[C@H](S)[C@@](C)(S)O1. The van der Waals surface area contributed by atoms with Crippen LogP contribution in [0.3, 0.4) is 0 Å². The van der Waals surface area contributed by atoms with Crippen LogP contribution in [0, 0.1) is 0 Å². The van der Waals surface area contributed by atoms with Crippen molar-refractivity contribution in [1.82, 2.24) is 0 Å². The van der Waals surface area contributed by atoms with E-state index < -0.39 is 4.93 Å². The molecule has 52 valence electrons. The maximum absolute atomic E-state index is 5.31. The van der Waals surface area contributed by atoms with Crippen LogP contribution in [-0.2, 0) is 4.74 Å². The van der Waals surface area contributed by atoms with Gasteiger partial charge in [-0.1, -0.05) is 0 Å². The van der Waals surface area contributed by atoms with E-state index in [0.717, 1.165) is 5.76 Å². The summed E-state index contributed by atoms with van der Waals surface area (Å²) >= 11 is 8.51. The Morgan fingerprint density at radius 2 is 2.33 bits per heavy atom. The lowest BCUT2D eigenvalue weighted by Crippen LogP contribution is -2.25. The molecule has 0 saturated carbocycles. The molecule has 0 bridgehead atoms. The van der Waals surface area contributed by atoms with Gasteiger partial charge in [-0.3, -0.25) is 0 Å². The highest BCUT2D eigenvalue weighted by Crippen LogP contribution is 2.34. The molecule has 9 heavy (non-hydrogen) atoms. The van der Waals surface area contributed by atoms with Gasteiger partial charge in [0.05, 0.1) is 11.0 Å². The van der Waals surface area contributed by atoms with Crippen molar-refractivity contribution in [1.29, 1.82) is 0 Å². The molecule has 0 N–H and O–H groups in total. The Morgan fingerprint density at radius 1 is 1.78 bits per heavy atom. The fraction of sp³-hybridized carbons (Fsp3) is 0.667. The fourth-order valence-electron chi connectivity index (χ4n) is 0.797. The second kappa shape index (κ2) is 2.13. The minimum Gasteiger partial charge on any atom is -0.481 e. The molecule has 0 aromatic carbocycles. The molecule has 2 atom stereocenters. The van der Waals surface area contributed by atoms with Gasteiger partial charge in [0.25, 0.3) is 0 Å². The van der Waals surface area contributed by atoms with Crippen LogP contribution < -0.4 is 0 Å². The van der Waals surface area contributed by atoms with Gasteiger partial charge in [-0.05, 0) is 19.9 Å². The largest absolute Gasteiger partial charge is 0.481 e. The summed E-state index contributed by atoms with van der Waals surface area (Å²) < 4.78 is 5.31. The number of allylic oxidation sites excluding steroid dienone is 1. The first-order valence-corrected chi connectivity index (χ1v) is 3.76. The van der Waals surface area contributed by atoms with Crippen LogP contribution in [0.2, 0.25) is 0 Å². The first kappa shape index (κ1) is 7.35. The monoisotopic (exact) mass is 162 g/mol. The van der Waals surface area contributed by atoms with Crippen LogP contribution in [0.4, 0.5) is 0 Å². The van der Waals surface area contributed by atoms with Crippen LogP contribution >= 0.6 is 25.3 Å². The summed E-state index contributed by atoms with van der Waals surface area (Å²) in [5.41, 5.74) is 0. The molecule has 1 aliphatic heterocycles. The van der Waals surface area contributed by atoms with Crippen LogP contribution in [0.15, 0.2) is 11.8 Å². The van der Waals surface area contributed by atoms with Gasteiger partial charge in [0.1, 0.15) is 0 Å². The Balaban J connectivity index is 2.71. The molecule has 1 heterocycles. The van der Waals surface area contributed by atoms with Crippen molar-refractivity contribution in [2.45, 2.75) is 24.0 Å². The van der Waals surface area contributed by atoms with Crippen LogP contribution in [0.25, 0.3) is 0 Å². The second-order valence-corrected chi connectivity index (χ2v) is 3.82. The molecule has 0 fully saturated rings. The topological polar surface area (TPSA) is 9.23 Å². The molecule has 0 unspecified atom stereocenters. The van der Waals surface area contributed by atoms with E-state index in [0.29, 0.717) is 0 Å². The number of hydrogen-bond acceptors (Lipinski definition) is 3. The smallest absolute Gasteiger partial charge is 0.163 e. The minimum absolute atomic E-state index is 0.112. The van der Waals surface area contributed by atoms with Crippen molar-refractivity contribution in [3.05, 3.63) is 11.8 Å². The zero-order chi connectivity index (χ0) is 7.07. The van der Waals surface area contributed by atoms with Gasteiger partial charge in [-0.15, -0.1) is 12.6 Å². The van der Waals surface area contributed by atoms with Crippen molar-refractivity contribution in [3.8, 4) is 0 Å². The van der Waals surface area contributed by atoms with E-state index in [-0.39, 0.29) is 5.25 Å². The van der Waals surface area contributed by atoms with Gasteiger partial charge in [0, 0.05) is 0 Å². The molecule has 1 rings (SSSR count). The summed E-state index contributed by atoms with van der Waals surface area (Å²) in [4.78, 5) is -0.410. The molecule has 3 heteroatoms. The average Bonchev–Trinajstić information content (AvgIpc) is 1.79. The quantitative estimate of drug-likeness (QED) is 0.517. The van der Waals surface area contributed by atoms with E-state index >= 15 is 0 Å². The lowest BCUT2D eigenvalue weighted by atomic mass is 10.3. The first-order valence-electron chi connectivity index (χ1n) is 2.80. The van der Waals surface area contributed by atoms with E-state index in [9.17, 15) is 0 Å². The lowest BCUT2D eigenvalue weighted by molar-refractivity contribution is 0.136. The molecule has 0 radical (unpaired) electrons. The van der Waals surface area contributed by atoms with Gasteiger partial charge < -0.3 is 4.74 Å². The third-order valence-electron chi connectivity index (χ3n) is 1.31. The summed E-state index contributed by atoms with van der Waals surface area (Å²) in [5.74, 6) is 0.910. The highest BCUT2D eigenvalue weighted by molar-refractivity contribution is 7.85. The van der Waals surface area contributed by atoms with E-state index in [1.54, 1.807) is 0 Å². The first-order chi connectivity index (χ1) is 4.02. The third kappa shape index (κ3) is 1.38. The molecule has 0 aromatic heterocycles. The molecule has 0 spiro atoms. The molecule has 0 aromatic rings. The third-order valence-corrected chi connectivity index (χ3v) is 2.52. The average molecular weight is 162 g/mol. The van der Waals surface area contributed by atoms with Gasteiger partial charge in [-0.2, -0.15) is 12.6 Å².